The van der Waals surface area contributed by atoms with Crippen LogP contribution in [0.4, 0.5) is 0 Å². The summed E-state index contributed by atoms with van der Waals surface area (Å²) in [7, 11) is 0. The van der Waals surface area contributed by atoms with Crippen molar-refractivity contribution in [3.8, 4) is 36.4 Å². The van der Waals surface area contributed by atoms with Crippen LogP contribution >= 0.6 is 42.9 Å². The second-order valence-electron chi connectivity index (χ2n) is 5.85. The van der Waals surface area contributed by atoms with Gasteiger partial charge in [0.25, 0.3) is 0 Å². The molecule has 0 fully saturated rings. The van der Waals surface area contributed by atoms with Crippen LogP contribution in [0.15, 0.2) is 0 Å². The zero-order chi connectivity index (χ0) is 21.7. The van der Waals surface area contributed by atoms with Gasteiger partial charge in [-0.1, -0.05) is 0 Å². The predicted molar refractivity (Wildman–Crippen MR) is 122 cm³/mol. The Kier molecular flexibility index (Phi) is 19.8. The summed E-state index contributed by atoms with van der Waals surface area (Å²) in [6, 6.07) is 12.6. The van der Waals surface area contributed by atoms with Gasteiger partial charge in [-0.15, -0.1) is 0 Å². The largest absolute Gasteiger partial charge is 0.198 e. The van der Waals surface area contributed by atoms with E-state index in [1.807, 2.05) is 0 Å². The van der Waals surface area contributed by atoms with Crippen LogP contribution in [-0.4, -0.2) is 37.0 Å². The van der Waals surface area contributed by atoms with Gasteiger partial charge in [-0.2, -0.15) is 31.6 Å². The smallest absolute Gasteiger partial charge is 0.138 e. The Morgan fingerprint density at radius 3 is 0.643 bits per heavy atom. The second-order valence-corrected chi connectivity index (χ2v) is 21.7. The van der Waals surface area contributed by atoms with Crippen LogP contribution in [0.3, 0.4) is 0 Å². The molecule has 0 aromatic carbocycles. The first-order chi connectivity index (χ1) is 13.4. The maximum absolute atomic E-state index is 8.50. The summed E-state index contributed by atoms with van der Waals surface area (Å²) < 4.78 is 0. The lowest BCUT2D eigenvalue weighted by Gasteiger charge is -2.15. The summed E-state index contributed by atoms with van der Waals surface area (Å²) in [6.07, 6.45) is 7.93. The molecule has 0 radical (unpaired) electrons. The van der Waals surface area contributed by atoms with Crippen molar-refractivity contribution < 1.29 is 0 Å². The Morgan fingerprint density at radius 1 is 0.393 bits per heavy atom. The van der Waals surface area contributed by atoms with E-state index in [0.29, 0.717) is 38.5 Å². The SMILES string of the molecule is N#CCC[P+](Br)(CCC#N)CCC#N.N#CCC[P+](Br)(CCC#N)CCC#N. The van der Waals surface area contributed by atoms with Crippen LogP contribution in [0, 0.1) is 68.0 Å². The van der Waals surface area contributed by atoms with E-state index >= 15 is 0 Å². The lowest BCUT2D eigenvalue weighted by atomic mass is 10.5. The zero-order valence-corrected chi connectivity index (χ0v) is 20.8. The number of hydrogen-bond acceptors (Lipinski definition) is 6. The fourth-order valence-corrected chi connectivity index (χ4v) is 9.71. The predicted octanol–water partition coefficient (Wildman–Crippen LogP) is 6.11. The van der Waals surface area contributed by atoms with Crippen LogP contribution in [-0.2, 0) is 0 Å². The normalized spacial score (nSPS) is 9.86. The lowest BCUT2D eigenvalue weighted by Crippen LogP contribution is -2.01. The van der Waals surface area contributed by atoms with Gasteiger partial charge in [0, 0.05) is 0 Å². The first kappa shape index (κ1) is 29.0. The molecule has 0 aliphatic rings. The van der Waals surface area contributed by atoms with Crippen molar-refractivity contribution in [1.29, 1.82) is 31.6 Å². The van der Waals surface area contributed by atoms with Gasteiger partial charge in [0.1, 0.15) is 31.0 Å². The summed E-state index contributed by atoms with van der Waals surface area (Å²) in [5, 5.41) is 51.0. The number of nitriles is 6. The molecule has 0 unspecified atom stereocenters. The van der Waals surface area contributed by atoms with E-state index in [1.165, 1.54) is 0 Å². The van der Waals surface area contributed by atoms with Crippen LogP contribution in [0.1, 0.15) is 38.5 Å². The molecule has 0 bridgehead atoms. The molecule has 10 heteroatoms. The van der Waals surface area contributed by atoms with Crippen molar-refractivity contribution in [2.45, 2.75) is 38.5 Å². The topological polar surface area (TPSA) is 143 Å². The molecule has 0 saturated carbocycles. The molecule has 0 aliphatic carbocycles. The molecular weight excluding hydrogens is 522 g/mol. The van der Waals surface area contributed by atoms with Crippen molar-refractivity contribution in [3.63, 3.8) is 0 Å². The van der Waals surface area contributed by atoms with E-state index in [0.717, 1.165) is 37.0 Å². The fourth-order valence-electron chi connectivity index (χ4n) is 2.17. The van der Waals surface area contributed by atoms with Gasteiger partial charge in [-0.25, -0.2) is 0 Å². The molecule has 148 valence electrons. The molecule has 0 rings (SSSR count). The molecule has 0 spiro atoms. The van der Waals surface area contributed by atoms with E-state index in [9.17, 15) is 0 Å². The quantitative estimate of drug-likeness (QED) is 0.270. The monoisotopic (exact) mass is 544 g/mol. The summed E-state index contributed by atoms with van der Waals surface area (Å²) >= 11 is 7.29. The van der Waals surface area contributed by atoms with Gasteiger partial charge in [-0.3, -0.25) is 0 Å². The lowest BCUT2D eigenvalue weighted by molar-refractivity contribution is 1.13. The Labute approximate surface area is 185 Å². The number of nitrogens with zero attached hydrogens (tertiary/aromatic N) is 6. The molecule has 28 heavy (non-hydrogen) atoms. The molecule has 0 amide bonds. The van der Waals surface area contributed by atoms with Gasteiger partial charge in [0.2, 0.25) is 0 Å². The molecule has 0 heterocycles. The standard InChI is InChI=1S/2C9H12BrN3P/c2*10-14(7-1-4-11,8-2-5-12)9-3-6-13/h2*1-3,7-9H2/q2*+1. The minimum absolute atomic E-state index is 0.510. The average Bonchev–Trinajstić information content (AvgIpc) is 2.71. The minimum Gasteiger partial charge on any atom is -0.198 e. The Hall–Kier alpha value is -1.24. The number of halogens is 2. The minimum atomic E-state index is -1.37. The van der Waals surface area contributed by atoms with Gasteiger partial charge in [0.05, 0.1) is 124 Å². The third kappa shape index (κ3) is 16.9. The number of rotatable bonds is 12. The highest BCUT2D eigenvalue weighted by atomic mass is 79.9. The molecule has 0 aromatic rings. The highest BCUT2D eigenvalue weighted by molar-refractivity contribution is 9.42. The van der Waals surface area contributed by atoms with Crippen LogP contribution in [0.2, 0.25) is 0 Å². The van der Waals surface area contributed by atoms with E-state index < -0.39 is 11.9 Å². The maximum atomic E-state index is 8.50. The summed E-state index contributed by atoms with van der Waals surface area (Å²) in [5.74, 6) is -2.75. The third-order valence-corrected chi connectivity index (χ3v) is 16.3. The van der Waals surface area contributed by atoms with Gasteiger partial charge < -0.3 is 0 Å². The van der Waals surface area contributed by atoms with Crippen LogP contribution < -0.4 is 0 Å². The van der Waals surface area contributed by atoms with Crippen LogP contribution in [0.25, 0.3) is 0 Å². The fraction of sp³-hybridized carbons (Fsp3) is 0.667. The molecular formula is C18H24Br2N6P2+2. The zero-order valence-electron chi connectivity index (χ0n) is 15.8. The molecule has 0 aliphatic heterocycles. The van der Waals surface area contributed by atoms with E-state index in [1.54, 1.807) is 0 Å². The van der Waals surface area contributed by atoms with Gasteiger partial charge in [0.15, 0.2) is 0 Å². The first-order valence-electron chi connectivity index (χ1n) is 8.70. The van der Waals surface area contributed by atoms with Crippen molar-refractivity contribution in [3.05, 3.63) is 0 Å². The highest BCUT2D eigenvalue weighted by Gasteiger charge is 2.34. The summed E-state index contributed by atoms with van der Waals surface area (Å²) in [4.78, 5) is 0. The molecule has 0 N–H and O–H groups in total. The van der Waals surface area contributed by atoms with Crippen molar-refractivity contribution >= 4 is 42.9 Å². The maximum Gasteiger partial charge on any atom is 0.138 e. The van der Waals surface area contributed by atoms with E-state index in [4.69, 9.17) is 31.6 Å². The average molecular weight is 546 g/mol. The highest BCUT2D eigenvalue weighted by Crippen LogP contribution is 2.67. The first-order valence-corrected chi connectivity index (χ1v) is 17.4. The molecule has 0 atom stereocenters. The van der Waals surface area contributed by atoms with Gasteiger partial charge >= 0.3 is 0 Å². The molecule has 0 aromatic heterocycles. The second kappa shape index (κ2) is 19.1. The summed E-state index contributed by atoms with van der Waals surface area (Å²) in [5.41, 5.74) is 0. The van der Waals surface area contributed by atoms with Crippen molar-refractivity contribution in [1.82, 2.24) is 0 Å². The van der Waals surface area contributed by atoms with Gasteiger partial charge in [-0.05, 0) is 0 Å². The molecule has 6 nitrogen and oxygen atoms in total. The Balaban J connectivity index is 0. The Morgan fingerprint density at radius 2 is 0.536 bits per heavy atom. The van der Waals surface area contributed by atoms with Crippen molar-refractivity contribution in [2.24, 2.45) is 0 Å². The van der Waals surface area contributed by atoms with Crippen LogP contribution in [0.5, 0.6) is 0 Å². The van der Waals surface area contributed by atoms with E-state index in [-0.39, 0.29) is 0 Å². The third-order valence-electron chi connectivity index (χ3n) is 3.75. The Bertz CT molecular complexity index is 537. The number of hydrogen-bond donors (Lipinski definition) is 0. The summed E-state index contributed by atoms with van der Waals surface area (Å²) in [6.45, 7) is 0. The molecule has 0 saturated heterocycles. The van der Waals surface area contributed by atoms with E-state index in [2.05, 4.69) is 67.4 Å². The van der Waals surface area contributed by atoms with Crippen molar-refractivity contribution in [2.75, 3.05) is 37.0 Å².